The number of carbonyl (C=O) groups is 3. The summed E-state index contributed by atoms with van der Waals surface area (Å²) in [4.78, 5) is 47.9. The number of carbonyl (C=O) groups excluding carboxylic acids is 3. The van der Waals surface area contributed by atoms with Crippen LogP contribution in [0.1, 0.15) is 16.7 Å². The zero-order chi connectivity index (χ0) is 25.0. The number of aliphatic hydroxyl groups excluding tert-OH is 1. The summed E-state index contributed by atoms with van der Waals surface area (Å²) in [5.41, 5.74) is -0.258. The van der Waals surface area contributed by atoms with Gasteiger partial charge in [-0.3, -0.25) is 19.4 Å². The van der Waals surface area contributed by atoms with Crippen LogP contribution in [0.15, 0.2) is 72.6 Å². The van der Waals surface area contributed by atoms with Crippen LogP contribution in [0.5, 0.6) is 11.5 Å². The standard InChI is InChI=1S/C27H21N3O6/c1-29-19-7-3-2-6-18(19)27(26(29)34)22(23(31)17-8-9-20-21(13-17)36-12-11-35-20)24(32)25(33)30(27)15-16-5-4-10-28-14-16/h2-10,13-14,31H,11-12,15H2,1H3/b23-22-. The molecule has 3 aliphatic heterocycles. The second-order valence-corrected chi connectivity index (χ2v) is 8.76. The van der Waals surface area contributed by atoms with Crippen molar-refractivity contribution in [3.05, 3.63) is 89.3 Å². The van der Waals surface area contributed by atoms with Gasteiger partial charge in [-0.15, -0.1) is 0 Å². The molecule has 3 aromatic rings. The largest absolute Gasteiger partial charge is 0.507 e. The van der Waals surface area contributed by atoms with Gasteiger partial charge in [0.25, 0.3) is 17.6 Å². The molecule has 1 N–H and O–H groups in total. The molecule has 3 aliphatic rings. The van der Waals surface area contributed by atoms with Crippen LogP contribution in [-0.2, 0) is 26.5 Å². The minimum absolute atomic E-state index is 0.0513. The molecule has 36 heavy (non-hydrogen) atoms. The number of hydrogen-bond acceptors (Lipinski definition) is 7. The molecule has 1 aromatic heterocycles. The Hall–Kier alpha value is -4.66. The number of hydrogen-bond donors (Lipinski definition) is 1. The van der Waals surface area contributed by atoms with Crippen molar-refractivity contribution in [2.24, 2.45) is 0 Å². The van der Waals surface area contributed by atoms with Gasteiger partial charge in [-0.2, -0.15) is 0 Å². The second-order valence-electron chi connectivity index (χ2n) is 8.76. The molecular weight excluding hydrogens is 462 g/mol. The predicted molar refractivity (Wildman–Crippen MR) is 128 cm³/mol. The summed E-state index contributed by atoms with van der Waals surface area (Å²) in [6.07, 6.45) is 3.17. The molecule has 1 fully saturated rings. The van der Waals surface area contributed by atoms with E-state index in [4.69, 9.17) is 9.47 Å². The van der Waals surface area contributed by atoms with Gasteiger partial charge in [0.15, 0.2) is 17.0 Å². The summed E-state index contributed by atoms with van der Waals surface area (Å²) in [6.45, 7) is 0.686. The van der Waals surface area contributed by atoms with Gasteiger partial charge < -0.3 is 24.4 Å². The van der Waals surface area contributed by atoms with E-state index in [0.29, 0.717) is 41.5 Å². The first-order chi connectivity index (χ1) is 17.4. The first-order valence-electron chi connectivity index (χ1n) is 11.4. The van der Waals surface area contributed by atoms with Crippen molar-refractivity contribution < 1.29 is 29.0 Å². The van der Waals surface area contributed by atoms with Gasteiger partial charge in [-0.25, -0.2) is 0 Å². The van der Waals surface area contributed by atoms with E-state index in [1.165, 1.54) is 9.80 Å². The lowest BCUT2D eigenvalue weighted by molar-refractivity contribution is -0.144. The third-order valence-electron chi connectivity index (χ3n) is 6.82. The van der Waals surface area contributed by atoms with E-state index >= 15 is 0 Å². The molecule has 9 nitrogen and oxygen atoms in total. The molecule has 0 radical (unpaired) electrons. The zero-order valence-corrected chi connectivity index (χ0v) is 19.3. The van der Waals surface area contributed by atoms with Gasteiger partial charge in [0.1, 0.15) is 19.0 Å². The van der Waals surface area contributed by atoms with E-state index in [-0.39, 0.29) is 17.7 Å². The minimum atomic E-state index is -1.84. The van der Waals surface area contributed by atoms with Crippen molar-refractivity contribution in [2.75, 3.05) is 25.2 Å². The molecule has 0 bridgehead atoms. The van der Waals surface area contributed by atoms with Gasteiger partial charge >= 0.3 is 0 Å². The Morgan fingerprint density at radius 3 is 2.58 bits per heavy atom. The Morgan fingerprint density at radius 1 is 1.03 bits per heavy atom. The number of aromatic nitrogens is 1. The number of amides is 2. The van der Waals surface area contributed by atoms with Crippen molar-refractivity contribution in [3.8, 4) is 11.5 Å². The van der Waals surface area contributed by atoms with Crippen LogP contribution in [0, 0.1) is 0 Å². The van der Waals surface area contributed by atoms with Crippen LogP contribution in [0.2, 0.25) is 0 Å². The molecular formula is C27H21N3O6. The topological polar surface area (TPSA) is 109 Å². The van der Waals surface area contributed by atoms with E-state index in [9.17, 15) is 19.5 Å². The quantitative estimate of drug-likeness (QED) is 0.347. The molecule has 1 atom stereocenters. The van der Waals surface area contributed by atoms with E-state index in [2.05, 4.69) is 4.98 Å². The maximum Gasteiger partial charge on any atom is 0.296 e. The number of pyridine rings is 1. The van der Waals surface area contributed by atoms with Crippen LogP contribution in [0.25, 0.3) is 5.76 Å². The molecule has 0 aliphatic carbocycles. The van der Waals surface area contributed by atoms with Crippen LogP contribution < -0.4 is 14.4 Å². The van der Waals surface area contributed by atoms with Gasteiger partial charge in [0, 0.05) is 42.8 Å². The van der Waals surface area contributed by atoms with E-state index < -0.39 is 28.9 Å². The zero-order valence-electron chi connectivity index (χ0n) is 19.3. The molecule has 4 heterocycles. The number of Topliss-reactive ketones (excluding diaryl/α,β-unsaturated/α-hetero) is 1. The highest BCUT2D eigenvalue weighted by molar-refractivity contribution is 6.50. The number of rotatable bonds is 3. The molecule has 1 spiro atoms. The maximum atomic E-state index is 14.0. The van der Waals surface area contributed by atoms with Crippen LogP contribution in [0.3, 0.4) is 0 Å². The second kappa shape index (κ2) is 7.94. The Balaban J connectivity index is 1.61. The summed E-state index contributed by atoms with van der Waals surface area (Å²) in [5, 5.41) is 11.5. The number of likely N-dealkylation sites (tertiary alicyclic amines) is 1. The summed E-state index contributed by atoms with van der Waals surface area (Å²) in [5.74, 6) is -1.88. The van der Waals surface area contributed by atoms with E-state index in [1.54, 1.807) is 74.0 Å². The Morgan fingerprint density at radius 2 is 1.81 bits per heavy atom. The number of aliphatic hydroxyl groups is 1. The lowest BCUT2D eigenvalue weighted by atomic mass is 9.81. The summed E-state index contributed by atoms with van der Waals surface area (Å²) < 4.78 is 11.2. The number of nitrogens with zero attached hydrogens (tertiary/aromatic N) is 3. The van der Waals surface area contributed by atoms with Crippen molar-refractivity contribution in [3.63, 3.8) is 0 Å². The molecule has 2 aromatic carbocycles. The fraction of sp³-hybridized carbons (Fsp3) is 0.185. The molecule has 0 saturated carbocycles. The Labute approximate surface area is 206 Å². The fourth-order valence-corrected chi connectivity index (χ4v) is 5.20. The van der Waals surface area contributed by atoms with Crippen molar-refractivity contribution >= 4 is 29.0 Å². The maximum absolute atomic E-state index is 14.0. The number of ketones is 1. The van der Waals surface area contributed by atoms with Crippen molar-refractivity contribution in [1.29, 1.82) is 0 Å². The SMILES string of the molecule is CN1C(=O)C2(/C(=C(\O)c3ccc4c(c3)OCCO4)C(=O)C(=O)N2Cc2cccnc2)c2ccccc21. The summed E-state index contributed by atoms with van der Waals surface area (Å²) in [6, 6.07) is 15.2. The van der Waals surface area contributed by atoms with Crippen molar-refractivity contribution in [1.82, 2.24) is 9.88 Å². The number of fused-ring (bicyclic) bond motifs is 3. The highest BCUT2D eigenvalue weighted by atomic mass is 16.6. The normalized spacial score (nSPS) is 21.9. The molecule has 2 amide bonds. The lowest BCUT2D eigenvalue weighted by Crippen LogP contribution is -2.50. The predicted octanol–water partition coefficient (Wildman–Crippen LogP) is 2.61. The molecule has 180 valence electrons. The molecule has 1 unspecified atom stereocenters. The van der Waals surface area contributed by atoms with Gasteiger partial charge in [0.2, 0.25) is 0 Å². The molecule has 1 saturated heterocycles. The molecule has 6 rings (SSSR count). The van der Waals surface area contributed by atoms with E-state index in [1.807, 2.05) is 0 Å². The average Bonchev–Trinajstić information content (AvgIpc) is 3.27. The number of anilines is 1. The van der Waals surface area contributed by atoms with Gasteiger partial charge in [0.05, 0.1) is 5.57 Å². The van der Waals surface area contributed by atoms with Crippen LogP contribution in [-0.4, -0.2) is 52.8 Å². The van der Waals surface area contributed by atoms with Crippen LogP contribution in [0.4, 0.5) is 5.69 Å². The first kappa shape index (κ1) is 21.8. The number of ether oxygens (including phenoxy) is 2. The van der Waals surface area contributed by atoms with Crippen molar-refractivity contribution in [2.45, 2.75) is 12.1 Å². The summed E-state index contributed by atoms with van der Waals surface area (Å²) >= 11 is 0. The monoisotopic (exact) mass is 483 g/mol. The lowest BCUT2D eigenvalue weighted by Gasteiger charge is -2.34. The number of benzene rings is 2. The Bertz CT molecular complexity index is 1470. The minimum Gasteiger partial charge on any atom is -0.507 e. The smallest absolute Gasteiger partial charge is 0.296 e. The third-order valence-corrected chi connectivity index (χ3v) is 6.82. The summed E-state index contributed by atoms with van der Waals surface area (Å²) in [7, 11) is 1.59. The number of likely N-dealkylation sites (N-methyl/N-ethyl adjacent to an activating group) is 1. The Kier molecular flexibility index (Phi) is 4.82. The van der Waals surface area contributed by atoms with Gasteiger partial charge in [-0.1, -0.05) is 24.3 Å². The highest BCUT2D eigenvalue weighted by Gasteiger charge is 2.66. The fourth-order valence-electron chi connectivity index (χ4n) is 5.20. The highest BCUT2D eigenvalue weighted by Crippen LogP contribution is 2.53. The van der Waals surface area contributed by atoms with Crippen LogP contribution >= 0.6 is 0 Å². The van der Waals surface area contributed by atoms with Gasteiger partial charge in [-0.05, 0) is 35.9 Å². The number of para-hydroxylation sites is 1. The first-order valence-corrected chi connectivity index (χ1v) is 11.4. The third kappa shape index (κ3) is 2.89. The molecule has 9 heteroatoms. The average molecular weight is 483 g/mol. The van der Waals surface area contributed by atoms with E-state index in [0.717, 1.165) is 0 Å².